The van der Waals surface area contributed by atoms with E-state index in [2.05, 4.69) is 15.5 Å². The molecule has 7 nitrogen and oxygen atoms in total. The molecule has 0 aliphatic carbocycles. The summed E-state index contributed by atoms with van der Waals surface area (Å²) in [6.45, 7) is 4.18. The highest BCUT2D eigenvalue weighted by Crippen LogP contribution is 2.29. The van der Waals surface area contributed by atoms with Gasteiger partial charge in [-0.05, 0) is 37.5 Å². The SMILES string of the molecule is CCOC(=O)C1=C(CN2CCC(OC)CC2)NC(=O)NC1c1ccc(Cl)cc1. The van der Waals surface area contributed by atoms with Crippen molar-refractivity contribution in [2.75, 3.05) is 33.4 Å². The standard InChI is InChI=1S/C20H26ClN3O4/c1-3-28-19(25)17-16(12-24-10-8-15(27-2)9-11-24)22-20(26)23-18(17)13-4-6-14(21)7-5-13/h4-7,15,18H,3,8-12H2,1-2H3,(H2,22,23,26). The fraction of sp³-hybridized carbons (Fsp3) is 0.500. The number of piperidine rings is 1. The Balaban J connectivity index is 1.90. The van der Waals surface area contributed by atoms with Crippen molar-refractivity contribution in [3.63, 3.8) is 0 Å². The minimum Gasteiger partial charge on any atom is -0.463 e. The molecule has 2 amide bonds. The zero-order chi connectivity index (χ0) is 20.1. The van der Waals surface area contributed by atoms with E-state index in [-0.39, 0.29) is 18.7 Å². The lowest BCUT2D eigenvalue weighted by Crippen LogP contribution is -2.49. The van der Waals surface area contributed by atoms with E-state index in [0.29, 0.717) is 22.8 Å². The Kier molecular flexibility index (Phi) is 6.93. The van der Waals surface area contributed by atoms with Crippen molar-refractivity contribution in [2.45, 2.75) is 31.9 Å². The van der Waals surface area contributed by atoms with Crippen LogP contribution in [0.2, 0.25) is 5.02 Å². The van der Waals surface area contributed by atoms with Crippen LogP contribution in [0.3, 0.4) is 0 Å². The van der Waals surface area contributed by atoms with Gasteiger partial charge < -0.3 is 20.1 Å². The summed E-state index contributed by atoms with van der Waals surface area (Å²) in [6, 6.07) is 6.16. The minimum absolute atomic E-state index is 0.260. The molecule has 152 valence electrons. The van der Waals surface area contributed by atoms with E-state index < -0.39 is 12.0 Å². The number of likely N-dealkylation sites (tertiary alicyclic amines) is 1. The third-order valence-corrected chi connectivity index (χ3v) is 5.35. The lowest BCUT2D eigenvalue weighted by Gasteiger charge is -2.35. The lowest BCUT2D eigenvalue weighted by atomic mass is 9.94. The van der Waals surface area contributed by atoms with Gasteiger partial charge >= 0.3 is 12.0 Å². The number of carbonyl (C=O) groups excluding carboxylic acids is 2. The Morgan fingerprint density at radius 2 is 1.93 bits per heavy atom. The van der Waals surface area contributed by atoms with Crippen molar-refractivity contribution in [3.8, 4) is 0 Å². The van der Waals surface area contributed by atoms with E-state index in [4.69, 9.17) is 21.1 Å². The minimum atomic E-state index is -0.586. The first kappa shape index (κ1) is 20.6. The van der Waals surface area contributed by atoms with Crippen molar-refractivity contribution >= 4 is 23.6 Å². The molecular weight excluding hydrogens is 382 g/mol. The summed E-state index contributed by atoms with van der Waals surface area (Å²) in [5, 5.41) is 6.24. The number of esters is 1. The Morgan fingerprint density at radius 3 is 2.54 bits per heavy atom. The molecule has 28 heavy (non-hydrogen) atoms. The number of urea groups is 1. The molecule has 3 rings (SSSR count). The number of benzene rings is 1. The van der Waals surface area contributed by atoms with Gasteiger partial charge in [-0.25, -0.2) is 9.59 Å². The van der Waals surface area contributed by atoms with E-state index in [9.17, 15) is 9.59 Å². The van der Waals surface area contributed by atoms with Crippen LogP contribution >= 0.6 is 11.6 Å². The number of rotatable bonds is 6. The quantitative estimate of drug-likeness (QED) is 0.708. The van der Waals surface area contributed by atoms with Crippen LogP contribution in [0.1, 0.15) is 31.4 Å². The average molecular weight is 408 g/mol. The second-order valence-electron chi connectivity index (χ2n) is 6.91. The second-order valence-corrected chi connectivity index (χ2v) is 7.34. The Hall–Kier alpha value is -2.09. The highest BCUT2D eigenvalue weighted by molar-refractivity contribution is 6.30. The molecule has 1 aromatic rings. The summed E-state index contributed by atoms with van der Waals surface area (Å²) in [6.07, 6.45) is 2.11. The normalized spacial score (nSPS) is 21.2. The first-order valence-corrected chi connectivity index (χ1v) is 9.88. The highest BCUT2D eigenvalue weighted by Gasteiger charge is 2.34. The van der Waals surface area contributed by atoms with E-state index in [0.717, 1.165) is 31.5 Å². The van der Waals surface area contributed by atoms with Gasteiger partial charge in [0, 0.05) is 37.5 Å². The number of ether oxygens (including phenoxy) is 2. The third kappa shape index (κ3) is 4.84. The van der Waals surface area contributed by atoms with Gasteiger partial charge in [0.15, 0.2) is 0 Å². The Labute approximate surface area is 170 Å². The van der Waals surface area contributed by atoms with Gasteiger partial charge in [0.25, 0.3) is 0 Å². The number of nitrogens with one attached hydrogen (secondary N) is 2. The zero-order valence-electron chi connectivity index (χ0n) is 16.2. The zero-order valence-corrected chi connectivity index (χ0v) is 16.9. The van der Waals surface area contributed by atoms with E-state index in [1.165, 1.54) is 0 Å². The molecule has 8 heteroatoms. The van der Waals surface area contributed by atoms with E-state index in [1.807, 2.05) is 0 Å². The van der Waals surface area contributed by atoms with Crippen molar-refractivity contribution in [1.29, 1.82) is 0 Å². The molecule has 0 radical (unpaired) electrons. The van der Waals surface area contributed by atoms with E-state index >= 15 is 0 Å². The van der Waals surface area contributed by atoms with Gasteiger partial charge in [-0.15, -0.1) is 0 Å². The number of amides is 2. The maximum Gasteiger partial charge on any atom is 0.338 e. The maximum atomic E-state index is 12.8. The number of hydrogen-bond acceptors (Lipinski definition) is 5. The fourth-order valence-corrected chi connectivity index (χ4v) is 3.75. The van der Waals surface area contributed by atoms with Crippen LogP contribution in [0, 0.1) is 0 Å². The predicted octanol–water partition coefficient (Wildman–Crippen LogP) is 2.62. The average Bonchev–Trinajstić information content (AvgIpc) is 2.69. The van der Waals surface area contributed by atoms with Crippen LogP contribution in [0.4, 0.5) is 4.79 Å². The molecule has 0 aromatic heterocycles. The van der Waals surface area contributed by atoms with Crippen LogP contribution in [0.5, 0.6) is 0 Å². The molecule has 1 aromatic carbocycles. The fourth-order valence-electron chi connectivity index (χ4n) is 3.62. The monoisotopic (exact) mass is 407 g/mol. The third-order valence-electron chi connectivity index (χ3n) is 5.10. The molecule has 2 aliphatic rings. The number of halogens is 1. The molecule has 0 spiro atoms. The predicted molar refractivity (Wildman–Crippen MR) is 106 cm³/mol. The molecule has 1 saturated heterocycles. The molecule has 1 atom stereocenters. The molecule has 2 N–H and O–H groups in total. The molecular formula is C20H26ClN3O4. The largest absolute Gasteiger partial charge is 0.463 e. The number of nitrogens with zero attached hydrogens (tertiary/aromatic N) is 1. The van der Waals surface area contributed by atoms with Crippen LogP contribution < -0.4 is 10.6 Å². The summed E-state index contributed by atoms with van der Waals surface area (Å²) in [4.78, 5) is 27.3. The van der Waals surface area contributed by atoms with Crippen LogP contribution in [0.25, 0.3) is 0 Å². The van der Waals surface area contributed by atoms with Gasteiger partial charge in [-0.3, -0.25) is 4.90 Å². The van der Waals surface area contributed by atoms with E-state index in [1.54, 1.807) is 38.3 Å². The van der Waals surface area contributed by atoms with Crippen molar-refractivity contribution in [3.05, 3.63) is 46.1 Å². The van der Waals surface area contributed by atoms with Crippen LogP contribution in [-0.4, -0.2) is 56.4 Å². The van der Waals surface area contributed by atoms with Gasteiger partial charge in [0.1, 0.15) is 0 Å². The second kappa shape index (κ2) is 9.41. The van der Waals surface area contributed by atoms with Gasteiger partial charge in [0.05, 0.1) is 24.3 Å². The van der Waals surface area contributed by atoms with Gasteiger partial charge in [0.2, 0.25) is 0 Å². The topological polar surface area (TPSA) is 79.9 Å². The summed E-state index contributed by atoms with van der Waals surface area (Å²) in [5.41, 5.74) is 1.79. The van der Waals surface area contributed by atoms with Crippen LogP contribution in [-0.2, 0) is 14.3 Å². The highest BCUT2D eigenvalue weighted by atomic mass is 35.5. The first-order valence-electron chi connectivity index (χ1n) is 9.50. The van der Waals surface area contributed by atoms with Crippen molar-refractivity contribution < 1.29 is 19.1 Å². The molecule has 2 aliphatic heterocycles. The summed E-state index contributed by atoms with van der Waals surface area (Å²) >= 11 is 5.99. The lowest BCUT2D eigenvalue weighted by molar-refractivity contribution is -0.139. The summed E-state index contributed by atoms with van der Waals surface area (Å²) in [5.74, 6) is -0.434. The molecule has 0 bridgehead atoms. The van der Waals surface area contributed by atoms with Gasteiger partial charge in [-0.2, -0.15) is 0 Å². The molecule has 0 saturated carbocycles. The first-order chi connectivity index (χ1) is 13.5. The van der Waals surface area contributed by atoms with Crippen molar-refractivity contribution in [1.82, 2.24) is 15.5 Å². The number of hydrogen-bond donors (Lipinski definition) is 2. The Bertz CT molecular complexity index is 742. The van der Waals surface area contributed by atoms with Gasteiger partial charge in [-0.1, -0.05) is 23.7 Å². The van der Waals surface area contributed by atoms with Crippen LogP contribution in [0.15, 0.2) is 35.5 Å². The molecule has 1 unspecified atom stereocenters. The summed E-state index contributed by atoms with van der Waals surface area (Å²) in [7, 11) is 1.73. The molecule has 2 heterocycles. The van der Waals surface area contributed by atoms with Crippen molar-refractivity contribution in [2.24, 2.45) is 0 Å². The summed E-state index contributed by atoms with van der Waals surface area (Å²) < 4.78 is 10.7. The Morgan fingerprint density at radius 1 is 1.25 bits per heavy atom. The maximum absolute atomic E-state index is 12.8. The number of methoxy groups -OCH3 is 1. The smallest absolute Gasteiger partial charge is 0.338 e. The number of carbonyl (C=O) groups is 2. The molecule has 1 fully saturated rings.